The second-order valence-corrected chi connectivity index (χ2v) is 2.65. The predicted molar refractivity (Wildman–Crippen MR) is 49.1 cm³/mol. The van der Waals surface area contributed by atoms with Crippen LogP contribution >= 0.6 is 0 Å². The smallest absolute Gasteiger partial charge is 0.132 e. The summed E-state index contributed by atoms with van der Waals surface area (Å²) in [7, 11) is 0. The van der Waals surface area contributed by atoms with E-state index < -0.39 is 0 Å². The first-order valence-electron chi connectivity index (χ1n) is 3.98. The highest BCUT2D eigenvalue weighted by atomic mass is 15.0. The minimum absolute atomic E-state index is 0.614. The van der Waals surface area contributed by atoms with Gasteiger partial charge in [0.15, 0.2) is 0 Å². The van der Waals surface area contributed by atoms with Gasteiger partial charge in [-0.1, -0.05) is 0 Å². The van der Waals surface area contributed by atoms with Crippen molar-refractivity contribution in [3.05, 3.63) is 17.6 Å². The van der Waals surface area contributed by atoms with E-state index in [2.05, 4.69) is 15.3 Å². The average Bonchev–Trinajstić information content (AvgIpc) is 2.08. The molecule has 0 saturated heterocycles. The molecule has 0 aromatic carbocycles. The Kier molecular flexibility index (Phi) is 2.99. The summed E-state index contributed by atoms with van der Waals surface area (Å²) < 4.78 is 0. The number of nitrogens with one attached hydrogen (secondary N) is 1. The highest BCUT2D eigenvalue weighted by molar-refractivity contribution is 5.44. The van der Waals surface area contributed by atoms with Gasteiger partial charge in [0.1, 0.15) is 12.1 Å². The van der Waals surface area contributed by atoms with Crippen molar-refractivity contribution in [3.63, 3.8) is 0 Å². The highest BCUT2D eigenvalue weighted by Gasteiger charge is 2.00. The Morgan fingerprint density at radius 2 is 2.17 bits per heavy atom. The minimum atomic E-state index is 0.614. The van der Waals surface area contributed by atoms with Crippen LogP contribution in [0.15, 0.2) is 6.33 Å². The Balaban J connectivity index is 2.78. The van der Waals surface area contributed by atoms with Crippen molar-refractivity contribution in [2.45, 2.75) is 13.8 Å². The van der Waals surface area contributed by atoms with Gasteiger partial charge < -0.3 is 11.1 Å². The zero-order valence-electron chi connectivity index (χ0n) is 7.46. The maximum absolute atomic E-state index is 5.36. The Bertz CT molecular complexity index is 259. The Morgan fingerprint density at radius 3 is 2.83 bits per heavy atom. The molecule has 0 radical (unpaired) electrons. The van der Waals surface area contributed by atoms with Gasteiger partial charge in [-0.2, -0.15) is 0 Å². The van der Waals surface area contributed by atoms with Gasteiger partial charge in [-0.25, -0.2) is 9.97 Å². The molecule has 0 aliphatic heterocycles. The van der Waals surface area contributed by atoms with Crippen LogP contribution in [-0.2, 0) is 0 Å². The zero-order chi connectivity index (χ0) is 8.97. The maximum atomic E-state index is 5.36. The van der Waals surface area contributed by atoms with E-state index in [1.807, 2.05) is 13.8 Å². The van der Waals surface area contributed by atoms with E-state index in [1.165, 1.54) is 0 Å². The monoisotopic (exact) mass is 166 g/mol. The molecule has 0 unspecified atom stereocenters. The summed E-state index contributed by atoms with van der Waals surface area (Å²) >= 11 is 0. The van der Waals surface area contributed by atoms with E-state index in [1.54, 1.807) is 6.33 Å². The van der Waals surface area contributed by atoms with Crippen molar-refractivity contribution in [2.24, 2.45) is 5.73 Å². The molecule has 0 saturated carbocycles. The first-order valence-corrected chi connectivity index (χ1v) is 3.98. The molecule has 0 fully saturated rings. The second kappa shape index (κ2) is 4.01. The Hall–Kier alpha value is -1.16. The topological polar surface area (TPSA) is 63.8 Å². The van der Waals surface area contributed by atoms with Gasteiger partial charge >= 0.3 is 0 Å². The Labute approximate surface area is 72.2 Å². The number of aromatic nitrogens is 2. The van der Waals surface area contributed by atoms with Gasteiger partial charge in [-0.05, 0) is 13.8 Å². The van der Waals surface area contributed by atoms with Gasteiger partial charge in [0.05, 0.1) is 0 Å². The fourth-order valence-electron chi connectivity index (χ4n) is 0.907. The lowest BCUT2D eigenvalue weighted by Crippen LogP contribution is -2.15. The van der Waals surface area contributed by atoms with Crippen LogP contribution in [0.4, 0.5) is 5.82 Å². The van der Waals surface area contributed by atoms with Crippen LogP contribution in [0.3, 0.4) is 0 Å². The molecule has 0 spiro atoms. The van der Waals surface area contributed by atoms with Crippen LogP contribution in [0.2, 0.25) is 0 Å². The second-order valence-electron chi connectivity index (χ2n) is 2.65. The highest BCUT2D eigenvalue weighted by Crippen LogP contribution is 2.11. The van der Waals surface area contributed by atoms with Gasteiger partial charge in [-0.3, -0.25) is 0 Å². The molecule has 4 heteroatoms. The van der Waals surface area contributed by atoms with E-state index in [0.717, 1.165) is 23.6 Å². The summed E-state index contributed by atoms with van der Waals surface area (Å²) in [6, 6.07) is 0. The van der Waals surface area contributed by atoms with Gasteiger partial charge in [0.25, 0.3) is 0 Å². The number of hydrogen-bond donors (Lipinski definition) is 2. The molecular weight excluding hydrogens is 152 g/mol. The molecule has 12 heavy (non-hydrogen) atoms. The summed E-state index contributed by atoms with van der Waals surface area (Å²) in [4.78, 5) is 8.16. The summed E-state index contributed by atoms with van der Waals surface area (Å²) in [5.41, 5.74) is 7.45. The lowest BCUT2D eigenvalue weighted by molar-refractivity contribution is 0.984. The zero-order valence-corrected chi connectivity index (χ0v) is 7.46. The number of nitrogens with zero attached hydrogens (tertiary/aromatic N) is 2. The molecule has 0 amide bonds. The van der Waals surface area contributed by atoms with Crippen molar-refractivity contribution >= 4 is 5.82 Å². The van der Waals surface area contributed by atoms with E-state index in [9.17, 15) is 0 Å². The standard InChI is InChI=1S/C8H14N4/c1-6-7(2)11-5-12-8(6)10-4-3-9/h5H,3-4,9H2,1-2H3,(H,10,11,12). The predicted octanol–water partition coefficient (Wildman–Crippen LogP) is 0.464. The molecule has 0 aliphatic rings. The molecule has 1 rings (SSSR count). The van der Waals surface area contributed by atoms with Crippen LogP contribution in [0.5, 0.6) is 0 Å². The van der Waals surface area contributed by atoms with Gasteiger partial charge in [0.2, 0.25) is 0 Å². The molecule has 3 N–H and O–H groups in total. The van der Waals surface area contributed by atoms with Crippen LogP contribution < -0.4 is 11.1 Å². The minimum Gasteiger partial charge on any atom is -0.368 e. The Morgan fingerprint density at radius 1 is 1.42 bits per heavy atom. The lowest BCUT2D eigenvalue weighted by atomic mass is 10.2. The van der Waals surface area contributed by atoms with Crippen LogP contribution in [0.1, 0.15) is 11.3 Å². The quantitative estimate of drug-likeness (QED) is 0.685. The number of nitrogens with two attached hydrogens (primary N) is 1. The van der Waals surface area contributed by atoms with Crippen molar-refractivity contribution in [2.75, 3.05) is 18.4 Å². The molecule has 0 atom stereocenters. The fraction of sp³-hybridized carbons (Fsp3) is 0.500. The van der Waals surface area contributed by atoms with Crippen molar-refractivity contribution in [3.8, 4) is 0 Å². The van der Waals surface area contributed by atoms with Crippen molar-refractivity contribution in [1.82, 2.24) is 9.97 Å². The van der Waals surface area contributed by atoms with Gasteiger partial charge in [0, 0.05) is 24.3 Å². The summed E-state index contributed by atoms with van der Waals surface area (Å²) in [6.45, 7) is 5.32. The van der Waals surface area contributed by atoms with E-state index >= 15 is 0 Å². The van der Waals surface area contributed by atoms with Crippen molar-refractivity contribution < 1.29 is 0 Å². The fourth-order valence-corrected chi connectivity index (χ4v) is 0.907. The van der Waals surface area contributed by atoms with Gasteiger partial charge in [-0.15, -0.1) is 0 Å². The summed E-state index contributed by atoms with van der Waals surface area (Å²) in [5.74, 6) is 0.882. The third-order valence-electron chi connectivity index (χ3n) is 1.77. The largest absolute Gasteiger partial charge is 0.368 e. The summed E-state index contributed by atoms with van der Waals surface area (Å²) in [6.07, 6.45) is 1.56. The van der Waals surface area contributed by atoms with E-state index in [0.29, 0.717) is 6.54 Å². The number of hydrogen-bond acceptors (Lipinski definition) is 4. The lowest BCUT2D eigenvalue weighted by Gasteiger charge is -2.07. The molecule has 1 aromatic rings. The number of rotatable bonds is 3. The third kappa shape index (κ3) is 1.92. The van der Waals surface area contributed by atoms with Crippen LogP contribution in [0, 0.1) is 13.8 Å². The van der Waals surface area contributed by atoms with Crippen LogP contribution in [-0.4, -0.2) is 23.1 Å². The molecule has 1 heterocycles. The molecule has 0 aliphatic carbocycles. The maximum Gasteiger partial charge on any atom is 0.132 e. The average molecular weight is 166 g/mol. The SMILES string of the molecule is Cc1ncnc(NCCN)c1C. The molecule has 66 valence electrons. The number of aryl methyl sites for hydroxylation is 1. The first-order chi connectivity index (χ1) is 5.75. The molecule has 1 aromatic heterocycles. The molecule has 0 bridgehead atoms. The third-order valence-corrected chi connectivity index (χ3v) is 1.77. The van der Waals surface area contributed by atoms with E-state index in [4.69, 9.17) is 5.73 Å². The van der Waals surface area contributed by atoms with E-state index in [-0.39, 0.29) is 0 Å². The molecular formula is C8H14N4. The van der Waals surface area contributed by atoms with Crippen molar-refractivity contribution in [1.29, 1.82) is 0 Å². The molecule has 4 nitrogen and oxygen atoms in total. The first kappa shape index (κ1) is 8.93. The summed E-state index contributed by atoms with van der Waals surface area (Å²) in [5, 5.41) is 3.13. The van der Waals surface area contributed by atoms with Crippen LogP contribution in [0.25, 0.3) is 0 Å². The normalized spacial score (nSPS) is 9.92. The number of anilines is 1.